The van der Waals surface area contributed by atoms with Gasteiger partial charge >= 0.3 is 0 Å². The number of carbonyl (C=O) groups excluding carboxylic acids is 2. The van der Waals surface area contributed by atoms with Crippen LogP contribution >= 0.6 is 0 Å². The highest BCUT2D eigenvalue weighted by atomic mass is 28.3. The molecule has 0 radical (unpaired) electrons. The molecular weight excluding hydrogens is 292 g/mol. The van der Waals surface area contributed by atoms with Gasteiger partial charge in [0.25, 0.3) is 0 Å². The molecule has 0 bridgehead atoms. The van der Waals surface area contributed by atoms with Gasteiger partial charge in [-0.3, -0.25) is 9.59 Å². The van der Waals surface area contributed by atoms with Crippen molar-refractivity contribution < 1.29 is 14.7 Å². The molecule has 0 saturated heterocycles. The zero-order chi connectivity index (χ0) is 16.3. The molecule has 0 heterocycles. The van der Waals surface area contributed by atoms with Crippen molar-refractivity contribution in [1.82, 2.24) is 0 Å². The number of aliphatic hydroxyl groups excluding tert-OH is 1. The van der Waals surface area contributed by atoms with Crippen LogP contribution in [0, 0.1) is 0 Å². The van der Waals surface area contributed by atoms with Gasteiger partial charge in [-0.2, -0.15) is 0 Å². The molecule has 118 valence electrons. The average Bonchev–Trinajstić information content (AvgIpc) is 2.46. The Kier molecular flexibility index (Phi) is 5.01. The van der Waals surface area contributed by atoms with Crippen LogP contribution in [0.2, 0.25) is 25.7 Å². The Morgan fingerprint density at radius 2 is 1.50 bits per heavy atom. The fraction of sp³-hybridized carbons (Fsp3) is 0.444. The summed E-state index contributed by atoms with van der Waals surface area (Å²) in [7, 11) is -1.01. The van der Waals surface area contributed by atoms with E-state index < -0.39 is 13.9 Å². The van der Waals surface area contributed by atoms with Crippen molar-refractivity contribution >= 4 is 19.6 Å². The Bertz CT molecular complexity index is 623. The molecule has 1 aromatic rings. The van der Waals surface area contributed by atoms with E-state index in [-0.39, 0.29) is 17.1 Å². The second-order valence-electron chi connectivity index (χ2n) is 7.15. The van der Waals surface area contributed by atoms with E-state index in [1.807, 2.05) is 0 Å². The van der Waals surface area contributed by atoms with Crippen LogP contribution in [-0.4, -0.2) is 24.7 Å². The number of fused-ring (bicyclic) bond motifs is 1. The number of benzene rings is 1. The van der Waals surface area contributed by atoms with Gasteiger partial charge in [-0.1, -0.05) is 62.8 Å². The van der Waals surface area contributed by atoms with Gasteiger partial charge in [0.15, 0.2) is 11.5 Å². The van der Waals surface area contributed by atoms with Crippen LogP contribution in [0.3, 0.4) is 0 Å². The third-order valence-electron chi connectivity index (χ3n) is 4.04. The second kappa shape index (κ2) is 6.61. The zero-order valence-electron chi connectivity index (χ0n) is 13.6. The van der Waals surface area contributed by atoms with Crippen molar-refractivity contribution in [1.29, 1.82) is 0 Å². The lowest BCUT2D eigenvalue weighted by molar-refractivity contribution is 0.0926. The first kappa shape index (κ1) is 16.7. The molecule has 4 heteroatoms. The van der Waals surface area contributed by atoms with Crippen LogP contribution in [0.1, 0.15) is 46.4 Å². The van der Waals surface area contributed by atoms with Crippen LogP contribution in [0.15, 0.2) is 35.6 Å². The molecule has 0 unspecified atom stereocenters. The summed E-state index contributed by atoms with van der Waals surface area (Å²) in [5.74, 6) is -0.973. The van der Waals surface area contributed by atoms with Crippen LogP contribution in [0.5, 0.6) is 0 Å². The van der Waals surface area contributed by atoms with Gasteiger partial charge in [0.05, 0.1) is 0 Å². The highest BCUT2D eigenvalue weighted by molar-refractivity contribution is 6.76. The van der Waals surface area contributed by atoms with Crippen molar-refractivity contribution in [3.63, 3.8) is 0 Å². The van der Waals surface area contributed by atoms with Crippen molar-refractivity contribution in [3.05, 3.63) is 46.7 Å². The molecule has 0 aliphatic heterocycles. The van der Waals surface area contributed by atoms with Crippen LogP contribution in [-0.2, 0) is 0 Å². The number of Topliss-reactive ketones (excluding diaryl/α,β-unsaturated/α-hetero) is 2. The topological polar surface area (TPSA) is 54.4 Å². The molecule has 0 saturated carbocycles. The Morgan fingerprint density at radius 3 is 2.09 bits per heavy atom. The lowest BCUT2D eigenvalue weighted by atomic mass is 9.86. The lowest BCUT2D eigenvalue weighted by Crippen LogP contribution is -2.22. The maximum atomic E-state index is 12.4. The summed E-state index contributed by atoms with van der Waals surface area (Å²) in [5.41, 5.74) is 1.02. The number of unbranched alkanes of at least 4 members (excludes halogenated alkanes) is 2. The van der Waals surface area contributed by atoms with E-state index in [1.165, 1.54) is 6.04 Å². The summed E-state index contributed by atoms with van der Waals surface area (Å²) in [6.07, 6.45) is 3.51. The Balaban J connectivity index is 2.01. The quantitative estimate of drug-likeness (QED) is 0.607. The number of ketones is 2. The third-order valence-corrected chi connectivity index (χ3v) is 5.90. The molecule has 0 amide bonds. The van der Waals surface area contributed by atoms with E-state index >= 15 is 0 Å². The number of hydrogen-bond donors (Lipinski definition) is 1. The summed E-state index contributed by atoms with van der Waals surface area (Å²) in [5, 5.41) is 10.1. The Labute approximate surface area is 133 Å². The number of allylic oxidation sites excluding steroid dienone is 2. The lowest BCUT2D eigenvalue weighted by Gasteiger charge is -2.18. The molecule has 0 fully saturated rings. The van der Waals surface area contributed by atoms with Gasteiger partial charge in [-0.15, -0.1) is 0 Å². The zero-order valence-corrected chi connectivity index (χ0v) is 14.6. The molecule has 22 heavy (non-hydrogen) atoms. The number of hydrogen-bond acceptors (Lipinski definition) is 3. The standard InChI is InChI=1S/C18H24O3Si/c1-22(2,3)12-8-4-5-11-15-16(19)13-9-6-7-10-14(13)17(20)18(15)21/h6-7,9-10,21H,4-5,8,11-12H2,1-3H3. The summed E-state index contributed by atoms with van der Waals surface area (Å²) >= 11 is 0. The minimum Gasteiger partial charge on any atom is -0.504 e. The number of carbonyl (C=O) groups is 2. The van der Waals surface area contributed by atoms with E-state index in [2.05, 4.69) is 19.6 Å². The molecule has 0 atom stereocenters. The van der Waals surface area contributed by atoms with Crippen LogP contribution in [0.25, 0.3) is 0 Å². The maximum Gasteiger partial charge on any atom is 0.228 e. The summed E-state index contributed by atoms with van der Waals surface area (Å²) < 4.78 is 0. The molecule has 1 aliphatic rings. The molecule has 0 aromatic heterocycles. The van der Waals surface area contributed by atoms with Crippen LogP contribution in [0.4, 0.5) is 0 Å². The number of rotatable bonds is 6. The fourth-order valence-corrected chi connectivity index (χ4v) is 4.09. The highest BCUT2D eigenvalue weighted by Crippen LogP contribution is 2.28. The third kappa shape index (κ3) is 3.74. The Hall–Kier alpha value is -1.68. The highest BCUT2D eigenvalue weighted by Gasteiger charge is 2.31. The van der Waals surface area contributed by atoms with Gasteiger partial charge in [-0.25, -0.2) is 0 Å². The molecule has 0 spiro atoms. The fourth-order valence-electron chi connectivity index (χ4n) is 2.78. The second-order valence-corrected chi connectivity index (χ2v) is 12.8. The van der Waals surface area contributed by atoms with Gasteiger partial charge < -0.3 is 5.11 Å². The van der Waals surface area contributed by atoms with Crippen molar-refractivity contribution in [2.45, 2.75) is 51.4 Å². The molecule has 3 nitrogen and oxygen atoms in total. The molecule has 1 aromatic carbocycles. The summed E-state index contributed by atoms with van der Waals surface area (Å²) in [6, 6.07) is 7.98. The Morgan fingerprint density at radius 1 is 0.909 bits per heavy atom. The van der Waals surface area contributed by atoms with E-state index in [4.69, 9.17) is 0 Å². The monoisotopic (exact) mass is 316 g/mol. The normalized spacial score (nSPS) is 15.2. The summed E-state index contributed by atoms with van der Waals surface area (Å²) in [4.78, 5) is 24.6. The van der Waals surface area contributed by atoms with Gasteiger partial charge in [0, 0.05) is 24.8 Å². The minimum absolute atomic E-state index is 0.196. The summed E-state index contributed by atoms with van der Waals surface area (Å²) in [6.45, 7) is 7.05. The van der Waals surface area contributed by atoms with E-state index in [0.717, 1.165) is 19.3 Å². The van der Waals surface area contributed by atoms with Crippen molar-refractivity contribution in [2.75, 3.05) is 0 Å². The van der Waals surface area contributed by atoms with Crippen molar-refractivity contribution in [3.8, 4) is 0 Å². The molecule has 1 N–H and O–H groups in total. The predicted octanol–water partition coefficient (Wildman–Crippen LogP) is 4.78. The first-order chi connectivity index (χ1) is 10.3. The minimum atomic E-state index is -1.01. The maximum absolute atomic E-state index is 12.4. The largest absolute Gasteiger partial charge is 0.504 e. The first-order valence-corrected chi connectivity index (χ1v) is 11.6. The smallest absolute Gasteiger partial charge is 0.228 e. The molecule has 2 rings (SSSR count). The SMILES string of the molecule is C[Si](C)(C)CCCCCC1=C(O)C(=O)c2ccccc2C1=O. The van der Waals surface area contributed by atoms with Gasteiger partial charge in [-0.05, 0) is 12.8 Å². The van der Waals surface area contributed by atoms with E-state index in [0.29, 0.717) is 17.5 Å². The first-order valence-electron chi connectivity index (χ1n) is 7.92. The predicted molar refractivity (Wildman–Crippen MR) is 91.4 cm³/mol. The van der Waals surface area contributed by atoms with E-state index in [9.17, 15) is 14.7 Å². The molecule has 1 aliphatic carbocycles. The van der Waals surface area contributed by atoms with Gasteiger partial charge in [0.2, 0.25) is 5.78 Å². The molecular formula is C18H24O3Si. The van der Waals surface area contributed by atoms with Gasteiger partial charge in [0.1, 0.15) is 0 Å². The van der Waals surface area contributed by atoms with Crippen LogP contribution < -0.4 is 0 Å². The van der Waals surface area contributed by atoms with Crippen molar-refractivity contribution in [2.24, 2.45) is 0 Å². The van der Waals surface area contributed by atoms with E-state index in [1.54, 1.807) is 24.3 Å². The number of aliphatic hydroxyl groups is 1. The average molecular weight is 316 g/mol.